The van der Waals surface area contributed by atoms with Crippen molar-refractivity contribution in [1.82, 2.24) is 0 Å². The Hall–Kier alpha value is -1.38. The molecule has 1 aromatic rings. The summed E-state index contributed by atoms with van der Waals surface area (Å²) in [5, 5.41) is 8.82. The normalized spacial score (nSPS) is 14.8. The van der Waals surface area contributed by atoms with Gasteiger partial charge in [0.05, 0.1) is 11.8 Å². The monoisotopic (exact) mass is 267 g/mol. The number of hydrogen-bond donors (Lipinski definition) is 1. The van der Waals surface area contributed by atoms with E-state index in [-0.39, 0.29) is 6.42 Å². The molecule has 0 saturated heterocycles. The molecule has 1 rings (SSSR count). The molecular formula is C13H17NO3S. The highest BCUT2D eigenvalue weighted by Crippen LogP contribution is 2.29. The van der Waals surface area contributed by atoms with Gasteiger partial charge in [0.25, 0.3) is 10.1 Å². The molecule has 1 aromatic carbocycles. The van der Waals surface area contributed by atoms with E-state index in [1.165, 1.54) is 0 Å². The van der Waals surface area contributed by atoms with E-state index >= 15 is 0 Å². The maximum absolute atomic E-state index is 11.0. The van der Waals surface area contributed by atoms with E-state index in [1.54, 1.807) is 6.92 Å². The number of benzene rings is 1. The van der Waals surface area contributed by atoms with Gasteiger partial charge in [-0.05, 0) is 24.5 Å². The Morgan fingerprint density at radius 2 is 2.00 bits per heavy atom. The molecule has 1 N–H and O–H groups in total. The van der Waals surface area contributed by atoms with Crippen molar-refractivity contribution < 1.29 is 13.0 Å². The lowest BCUT2D eigenvalue weighted by molar-refractivity contribution is 0.357. The lowest BCUT2D eigenvalue weighted by atomic mass is 9.82. The van der Waals surface area contributed by atoms with E-state index < -0.39 is 21.3 Å². The van der Waals surface area contributed by atoms with Gasteiger partial charge in [-0.3, -0.25) is 4.55 Å². The molecule has 0 saturated carbocycles. The smallest absolute Gasteiger partial charge is 0.265 e. The Balaban J connectivity index is 3.01. The fourth-order valence-corrected chi connectivity index (χ4v) is 3.15. The van der Waals surface area contributed by atoms with Crippen molar-refractivity contribution >= 4 is 10.1 Å². The number of aryl methyl sites for hydroxylation is 1. The molecule has 0 aliphatic carbocycles. The fourth-order valence-electron chi connectivity index (χ4n) is 2.06. The zero-order valence-corrected chi connectivity index (χ0v) is 11.4. The Morgan fingerprint density at radius 3 is 2.50 bits per heavy atom. The first-order chi connectivity index (χ1) is 8.26. The van der Waals surface area contributed by atoms with Crippen LogP contribution in [0.3, 0.4) is 0 Å². The van der Waals surface area contributed by atoms with Gasteiger partial charge in [-0.25, -0.2) is 0 Å². The highest BCUT2D eigenvalue weighted by atomic mass is 32.2. The van der Waals surface area contributed by atoms with Gasteiger partial charge in [-0.2, -0.15) is 13.7 Å². The van der Waals surface area contributed by atoms with Crippen LogP contribution in [0.2, 0.25) is 0 Å². The SMILES string of the molecule is Cc1ccccc1CC(C)(CC#N)CS(=O)(=O)O. The molecule has 1 unspecified atom stereocenters. The lowest BCUT2D eigenvalue weighted by Gasteiger charge is -2.26. The van der Waals surface area contributed by atoms with E-state index in [9.17, 15) is 8.42 Å². The summed E-state index contributed by atoms with van der Waals surface area (Å²) < 4.78 is 31.1. The summed E-state index contributed by atoms with van der Waals surface area (Å²) in [4.78, 5) is 0. The minimum Gasteiger partial charge on any atom is -0.286 e. The number of nitriles is 1. The quantitative estimate of drug-likeness (QED) is 0.830. The molecular weight excluding hydrogens is 250 g/mol. The summed E-state index contributed by atoms with van der Waals surface area (Å²) in [5.74, 6) is -0.401. The van der Waals surface area contributed by atoms with Gasteiger partial charge in [0.15, 0.2) is 0 Å². The zero-order valence-electron chi connectivity index (χ0n) is 10.5. The van der Waals surface area contributed by atoms with Gasteiger partial charge in [-0.15, -0.1) is 0 Å². The third-order valence-electron chi connectivity index (χ3n) is 2.92. The largest absolute Gasteiger partial charge is 0.286 e. The first kappa shape index (κ1) is 14.7. The Bertz CT molecular complexity index is 560. The molecule has 0 heterocycles. The van der Waals surface area contributed by atoms with Crippen molar-refractivity contribution in [2.75, 3.05) is 5.75 Å². The van der Waals surface area contributed by atoms with Crippen LogP contribution in [-0.4, -0.2) is 18.7 Å². The molecule has 0 radical (unpaired) electrons. The van der Waals surface area contributed by atoms with Crippen LogP contribution in [0.25, 0.3) is 0 Å². The zero-order chi connectivity index (χ0) is 13.8. The van der Waals surface area contributed by atoms with Crippen molar-refractivity contribution in [1.29, 1.82) is 5.26 Å². The molecule has 0 aliphatic rings. The second-order valence-corrected chi connectivity index (χ2v) is 6.43. The summed E-state index contributed by atoms with van der Waals surface area (Å²) in [5.41, 5.74) is 1.28. The summed E-state index contributed by atoms with van der Waals surface area (Å²) in [6.07, 6.45) is 0.536. The molecule has 0 amide bonds. The number of rotatable bonds is 5. The molecule has 98 valence electrons. The molecule has 18 heavy (non-hydrogen) atoms. The second kappa shape index (κ2) is 5.51. The third-order valence-corrected chi connectivity index (χ3v) is 3.98. The highest BCUT2D eigenvalue weighted by Gasteiger charge is 2.30. The first-order valence-electron chi connectivity index (χ1n) is 5.62. The number of hydrogen-bond acceptors (Lipinski definition) is 3. The minimum atomic E-state index is -4.09. The highest BCUT2D eigenvalue weighted by molar-refractivity contribution is 7.85. The molecule has 1 atom stereocenters. The van der Waals surface area contributed by atoms with Crippen molar-refractivity contribution in [2.45, 2.75) is 26.7 Å². The Labute approximate surface area is 108 Å². The van der Waals surface area contributed by atoms with Crippen LogP contribution in [0.5, 0.6) is 0 Å². The van der Waals surface area contributed by atoms with Crippen molar-refractivity contribution in [3.05, 3.63) is 35.4 Å². The predicted molar refractivity (Wildman–Crippen MR) is 69.6 cm³/mol. The Morgan fingerprint density at radius 1 is 1.39 bits per heavy atom. The predicted octanol–water partition coefficient (Wildman–Crippen LogP) is 2.35. The van der Waals surface area contributed by atoms with Gasteiger partial charge in [0.2, 0.25) is 0 Å². The third kappa shape index (κ3) is 4.47. The Kier molecular flexibility index (Phi) is 4.49. The summed E-state index contributed by atoms with van der Waals surface area (Å²) in [6, 6.07) is 9.63. The molecule has 0 aliphatic heterocycles. The van der Waals surface area contributed by atoms with Crippen molar-refractivity contribution in [3.8, 4) is 6.07 Å². The molecule has 0 fully saturated rings. The van der Waals surface area contributed by atoms with Gasteiger partial charge in [0, 0.05) is 11.8 Å². The van der Waals surface area contributed by atoms with Gasteiger partial charge >= 0.3 is 0 Å². The van der Waals surface area contributed by atoms with Gasteiger partial charge in [0.1, 0.15) is 0 Å². The van der Waals surface area contributed by atoms with E-state index in [2.05, 4.69) is 0 Å². The molecule has 5 heteroatoms. The fraction of sp³-hybridized carbons (Fsp3) is 0.462. The molecule has 0 aromatic heterocycles. The molecule has 4 nitrogen and oxygen atoms in total. The molecule has 0 bridgehead atoms. The van der Waals surface area contributed by atoms with Crippen molar-refractivity contribution in [3.63, 3.8) is 0 Å². The average Bonchev–Trinajstić information content (AvgIpc) is 2.18. The van der Waals surface area contributed by atoms with E-state index in [0.29, 0.717) is 6.42 Å². The van der Waals surface area contributed by atoms with E-state index in [4.69, 9.17) is 9.81 Å². The van der Waals surface area contributed by atoms with E-state index in [1.807, 2.05) is 37.3 Å². The van der Waals surface area contributed by atoms with Gasteiger partial charge < -0.3 is 0 Å². The van der Waals surface area contributed by atoms with Crippen LogP contribution in [0.4, 0.5) is 0 Å². The average molecular weight is 267 g/mol. The summed E-state index contributed by atoms with van der Waals surface area (Å²) in [7, 11) is -4.09. The van der Waals surface area contributed by atoms with Crippen LogP contribution in [0.1, 0.15) is 24.5 Å². The summed E-state index contributed by atoms with van der Waals surface area (Å²) in [6.45, 7) is 3.64. The second-order valence-electron chi connectivity index (χ2n) is 4.98. The maximum Gasteiger partial charge on any atom is 0.265 e. The topological polar surface area (TPSA) is 78.2 Å². The lowest BCUT2D eigenvalue weighted by Crippen LogP contribution is -2.29. The van der Waals surface area contributed by atoms with E-state index in [0.717, 1.165) is 11.1 Å². The minimum absolute atomic E-state index is 0.0844. The maximum atomic E-state index is 11.0. The van der Waals surface area contributed by atoms with Crippen LogP contribution in [-0.2, 0) is 16.5 Å². The first-order valence-corrected chi connectivity index (χ1v) is 7.23. The van der Waals surface area contributed by atoms with Crippen LogP contribution >= 0.6 is 0 Å². The summed E-state index contributed by atoms with van der Waals surface area (Å²) >= 11 is 0. The van der Waals surface area contributed by atoms with Crippen LogP contribution in [0, 0.1) is 23.7 Å². The standard InChI is InChI=1S/C13H17NO3S/c1-11-5-3-4-6-12(11)9-13(2,7-8-14)10-18(15,16)17/h3-6H,7,9-10H2,1-2H3,(H,15,16,17). The van der Waals surface area contributed by atoms with Crippen molar-refractivity contribution in [2.24, 2.45) is 5.41 Å². The molecule has 0 spiro atoms. The van der Waals surface area contributed by atoms with Crippen LogP contribution in [0.15, 0.2) is 24.3 Å². The number of nitrogens with zero attached hydrogens (tertiary/aromatic N) is 1. The van der Waals surface area contributed by atoms with Crippen LogP contribution < -0.4 is 0 Å². The van der Waals surface area contributed by atoms with Gasteiger partial charge in [-0.1, -0.05) is 31.2 Å².